The Morgan fingerprint density at radius 1 is 0.560 bits per heavy atom. The molecule has 5 rings (SSSR count). The Balaban J connectivity index is 1.91. The maximum absolute atomic E-state index is 2.25. The first-order chi connectivity index (χ1) is 12.4. The summed E-state index contributed by atoms with van der Waals surface area (Å²) in [5, 5.41) is 2.56. The third kappa shape index (κ3) is 2.25. The van der Waals surface area contributed by atoms with E-state index < -0.39 is 0 Å². The van der Waals surface area contributed by atoms with Crippen LogP contribution in [0, 0.1) is 0 Å². The first kappa shape index (κ1) is 14.1. The Labute approximate surface area is 146 Å². The fraction of sp³-hybridized carbons (Fsp3) is 0. The summed E-state index contributed by atoms with van der Waals surface area (Å²) in [6, 6.07) is 32.2. The fourth-order valence-corrected chi connectivity index (χ4v) is 3.69. The first-order valence-electron chi connectivity index (χ1n) is 8.55. The second-order valence-electron chi connectivity index (χ2n) is 6.30. The molecule has 5 aromatic rings. The summed E-state index contributed by atoms with van der Waals surface area (Å²) >= 11 is 0. The summed E-state index contributed by atoms with van der Waals surface area (Å²) in [6.45, 7) is 0. The van der Waals surface area contributed by atoms with Crippen molar-refractivity contribution in [1.82, 2.24) is 4.40 Å². The lowest BCUT2D eigenvalue weighted by Crippen LogP contribution is -1.83. The van der Waals surface area contributed by atoms with Crippen molar-refractivity contribution in [2.24, 2.45) is 0 Å². The highest BCUT2D eigenvalue weighted by atomic mass is 14.9. The summed E-state index contributed by atoms with van der Waals surface area (Å²) < 4.78 is 2.22. The summed E-state index contributed by atoms with van der Waals surface area (Å²) in [5.74, 6) is 0. The van der Waals surface area contributed by atoms with Crippen LogP contribution in [0.2, 0.25) is 0 Å². The molecule has 0 atom stereocenters. The van der Waals surface area contributed by atoms with E-state index in [1.807, 2.05) is 0 Å². The molecule has 118 valence electrons. The lowest BCUT2D eigenvalue weighted by Gasteiger charge is -2.09. The van der Waals surface area contributed by atoms with E-state index in [1.165, 1.54) is 38.5 Å². The van der Waals surface area contributed by atoms with Gasteiger partial charge in [-0.05, 0) is 34.0 Å². The molecule has 0 aliphatic heterocycles. The molecule has 1 heteroatoms. The molecule has 0 spiro atoms. The van der Waals surface area contributed by atoms with Crippen molar-refractivity contribution in [3.63, 3.8) is 0 Å². The van der Waals surface area contributed by atoms with Gasteiger partial charge >= 0.3 is 0 Å². The average Bonchev–Trinajstić information content (AvgIpc) is 3.07. The highest BCUT2D eigenvalue weighted by Crippen LogP contribution is 2.39. The predicted octanol–water partition coefficient (Wildman–Crippen LogP) is 6.43. The molecule has 0 saturated heterocycles. The average molecular weight is 319 g/mol. The maximum atomic E-state index is 2.25. The summed E-state index contributed by atoms with van der Waals surface area (Å²) in [4.78, 5) is 0. The van der Waals surface area contributed by atoms with E-state index in [1.54, 1.807) is 0 Å². The largest absolute Gasteiger partial charge is 0.323 e. The van der Waals surface area contributed by atoms with Gasteiger partial charge in [-0.25, -0.2) is 0 Å². The minimum atomic E-state index is 1.23. The number of hydrogen-bond donors (Lipinski definition) is 0. The van der Waals surface area contributed by atoms with Crippen LogP contribution in [0.3, 0.4) is 0 Å². The highest BCUT2D eigenvalue weighted by molar-refractivity contribution is 6.04. The van der Waals surface area contributed by atoms with Crippen LogP contribution < -0.4 is 0 Å². The molecule has 3 aromatic carbocycles. The van der Waals surface area contributed by atoms with Crippen LogP contribution in [0.25, 0.3) is 38.5 Å². The molecule has 0 radical (unpaired) electrons. The van der Waals surface area contributed by atoms with Crippen LogP contribution in [0.4, 0.5) is 0 Å². The van der Waals surface area contributed by atoms with E-state index >= 15 is 0 Å². The molecule has 0 amide bonds. The number of nitrogens with zero attached hydrogens (tertiary/aromatic N) is 1. The van der Waals surface area contributed by atoms with Gasteiger partial charge in [0.05, 0.1) is 5.52 Å². The number of rotatable bonds is 2. The monoisotopic (exact) mass is 319 g/mol. The van der Waals surface area contributed by atoms with Crippen LogP contribution in [0.1, 0.15) is 0 Å². The number of pyridine rings is 1. The zero-order valence-corrected chi connectivity index (χ0v) is 13.8. The van der Waals surface area contributed by atoms with Crippen LogP contribution >= 0.6 is 0 Å². The lowest BCUT2D eigenvalue weighted by molar-refractivity contribution is 1.20. The van der Waals surface area contributed by atoms with Crippen LogP contribution in [-0.4, -0.2) is 4.40 Å². The van der Waals surface area contributed by atoms with E-state index in [9.17, 15) is 0 Å². The molecule has 0 unspecified atom stereocenters. The molecular formula is C24H17N. The van der Waals surface area contributed by atoms with Crippen LogP contribution in [-0.2, 0) is 0 Å². The molecule has 0 saturated carbocycles. The van der Waals surface area contributed by atoms with Crippen molar-refractivity contribution in [3.05, 3.63) is 103 Å². The van der Waals surface area contributed by atoms with Gasteiger partial charge in [-0.1, -0.05) is 78.9 Å². The van der Waals surface area contributed by atoms with Crippen molar-refractivity contribution in [1.29, 1.82) is 0 Å². The van der Waals surface area contributed by atoms with Crippen molar-refractivity contribution < 1.29 is 0 Å². The third-order valence-corrected chi connectivity index (χ3v) is 4.83. The zero-order chi connectivity index (χ0) is 16.6. The Hall–Kier alpha value is -3.32. The minimum absolute atomic E-state index is 1.23. The van der Waals surface area contributed by atoms with Crippen LogP contribution in [0.5, 0.6) is 0 Å². The van der Waals surface area contributed by atoms with Gasteiger partial charge < -0.3 is 4.40 Å². The van der Waals surface area contributed by atoms with Gasteiger partial charge in [0.2, 0.25) is 0 Å². The van der Waals surface area contributed by atoms with E-state index in [0.29, 0.717) is 0 Å². The standard InChI is InChI=1S/C24H17N/c1-2-10-19(11-3-1)24-22(17-25-16-7-6-15-23(24)25)21-14-8-12-18-9-4-5-13-20(18)21/h1-17H. The van der Waals surface area contributed by atoms with Crippen LogP contribution in [0.15, 0.2) is 103 Å². The van der Waals surface area contributed by atoms with Gasteiger partial charge in [-0.3, -0.25) is 0 Å². The number of hydrogen-bond acceptors (Lipinski definition) is 0. The summed E-state index contributed by atoms with van der Waals surface area (Å²) in [6.07, 6.45) is 4.37. The zero-order valence-electron chi connectivity index (χ0n) is 13.8. The quantitative estimate of drug-likeness (QED) is 0.353. The molecule has 0 aliphatic carbocycles. The van der Waals surface area contributed by atoms with Crippen molar-refractivity contribution in [3.8, 4) is 22.3 Å². The molecule has 2 heterocycles. The molecule has 1 nitrogen and oxygen atoms in total. The van der Waals surface area contributed by atoms with Crippen molar-refractivity contribution in [2.45, 2.75) is 0 Å². The molecule has 0 fully saturated rings. The van der Waals surface area contributed by atoms with E-state index in [4.69, 9.17) is 0 Å². The summed E-state index contributed by atoms with van der Waals surface area (Å²) in [7, 11) is 0. The second kappa shape index (κ2) is 5.64. The maximum Gasteiger partial charge on any atom is 0.0534 e. The van der Waals surface area contributed by atoms with Gasteiger partial charge in [0.25, 0.3) is 0 Å². The first-order valence-corrected chi connectivity index (χ1v) is 8.55. The lowest BCUT2D eigenvalue weighted by atomic mass is 9.94. The third-order valence-electron chi connectivity index (χ3n) is 4.83. The van der Waals surface area contributed by atoms with E-state index in [2.05, 4.69) is 108 Å². The summed E-state index contributed by atoms with van der Waals surface area (Å²) in [5.41, 5.74) is 6.32. The number of fused-ring (bicyclic) bond motifs is 2. The Bertz CT molecular complexity index is 1180. The molecular weight excluding hydrogens is 302 g/mol. The Kier molecular flexibility index (Phi) is 3.17. The molecule has 0 N–H and O–H groups in total. The highest BCUT2D eigenvalue weighted by Gasteiger charge is 2.15. The number of benzene rings is 3. The normalized spacial score (nSPS) is 11.2. The predicted molar refractivity (Wildman–Crippen MR) is 106 cm³/mol. The smallest absolute Gasteiger partial charge is 0.0534 e. The second-order valence-corrected chi connectivity index (χ2v) is 6.30. The fourth-order valence-electron chi connectivity index (χ4n) is 3.69. The Morgan fingerprint density at radius 2 is 1.32 bits per heavy atom. The van der Waals surface area contributed by atoms with E-state index in [-0.39, 0.29) is 0 Å². The van der Waals surface area contributed by atoms with Gasteiger partial charge in [-0.2, -0.15) is 0 Å². The minimum Gasteiger partial charge on any atom is -0.323 e. The van der Waals surface area contributed by atoms with Crippen molar-refractivity contribution in [2.75, 3.05) is 0 Å². The van der Waals surface area contributed by atoms with Crippen molar-refractivity contribution >= 4 is 16.3 Å². The van der Waals surface area contributed by atoms with E-state index in [0.717, 1.165) is 0 Å². The SMILES string of the molecule is c1ccc(-c2c(-c3cccc4ccccc34)cn3ccccc23)cc1. The number of aromatic nitrogens is 1. The molecule has 25 heavy (non-hydrogen) atoms. The van der Waals surface area contributed by atoms with Gasteiger partial charge in [0, 0.05) is 23.5 Å². The van der Waals surface area contributed by atoms with Gasteiger partial charge in [0.1, 0.15) is 0 Å². The van der Waals surface area contributed by atoms with Gasteiger partial charge in [-0.15, -0.1) is 0 Å². The topological polar surface area (TPSA) is 4.41 Å². The Morgan fingerprint density at radius 3 is 2.24 bits per heavy atom. The van der Waals surface area contributed by atoms with Gasteiger partial charge in [0.15, 0.2) is 0 Å². The molecule has 0 bridgehead atoms. The molecule has 2 aromatic heterocycles. The molecule has 0 aliphatic rings.